The van der Waals surface area contributed by atoms with E-state index in [4.69, 9.17) is 6.42 Å². The lowest BCUT2D eigenvalue weighted by Gasteiger charge is -2.00. The van der Waals surface area contributed by atoms with E-state index in [2.05, 4.69) is 43.3 Å². The van der Waals surface area contributed by atoms with Crippen molar-refractivity contribution in [1.29, 1.82) is 0 Å². The van der Waals surface area contributed by atoms with Gasteiger partial charge in [-0.1, -0.05) is 5.92 Å². The van der Waals surface area contributed by atoms with Gasteiger partial charge in [-0.15, -0.1) is 6.42 Å². The number of rotatable bonds is 7. The average Bonchev–Trinajstić information content (AvgIpc) is 3.07. The summed E-state index contributed by atoms with van der Waals surface area (Å²) in [5, 5.41) is 14.6. The first-order chi connectivity index (χ1) is 9.81. The molecule has 2 heterocycles. The molecule has 0 aliphatic carbocycles. The van der Waals surface area contributed by atoms with Gasteiger partial charge in [0.15, 0.2) is 5.82 Å². The van der Waals surface area contributed by atoms with Gasteiger partial charge in [-0.3, -0.25) is 5.10 Å². The summed E-state index contributed by atoms with van der Waals surface area (Å²) in [4.78, 5) is 4.30. The summed E-state index contributed by atoms with van der Waals surface area (Å²) in [6, 6.07) is 2.16. The lowest BCUT2D eigenvalue weighted by Crippen LogP contribution is -2.18. The number of aromatic amines is 1. The zero-order valence-electron chi connectivity index (χ0n) is 11.5. The quantitative estimate of drug-likeness (QED) is 0.467. The van der Waals surface area contributed by atoms with Gasteiger partial charge >= 0.3 is 0 Å². The van der Waals surface area contributed by atoms with E-state index in [0.29, 0.717) is 5.82 Å². The van der Waals surface area contributed by atoms with Crippen molar-refractivity contribution in [3.63, 3.8) is 0 Å². The van der Waals surface area contributed by atoms with Crippen LogP contribution in [0.2, 0.25) is 0 Å². The minimum atomic E-state index is 0.600. The van der Waals surface area contributed by atoms with Crippen LogP contribution >= 0.6 is 11.3 Å². The fraction of sp³-hybridized carbons (Fsp3) is 0.333. The zero-order chi connectivity index (χ0) is 14.2. The summed E-state index contributed by atoms with van der Waals surface area (Å²) in [5.41, 5.74) is 3.02. The van der Waals surface area contributed by atoms with Crippen molar-refractivity contribution in [2.24, 2.45) is 4.99 Å². The smallest absolute Gasteiger partial charge is 0.189 e. The van der Waals surface area contributed by atoms with Crippen LogP contribution in [0.5, 0.6) is 0 Å². The molecule has 20 heavy (non-hydrogen) atoms. The lowest BCUT2D eigenvalue weighted by atomic mass is 10.2. The maximum atomic E-state index is 5.42. The number of hydrogen-bond donors (Lipinski definition) is 2. The van der Waals surface area contributed by atoms with E-state index in [-0.39, 0.29) is 0 Å². The number of thiophene rings is 1. The first-order valence-corrected chi connectivity index (χ1v) is 7.51. The largest absolute Gasteiger partial charge is 0.316 e. The minimum Gasteiger partial charge on any atom is -0.316 e. The third kappa shape index (κ3) is 4.05. The van der Waals surface area contributed by atoms with Crippen LogP contribution in [0.3, 0.4) is 0 Å². The molecule has 0 amide bonds. The Morgan fingerprint density at radius 1 is 1.55 bits per heavy atom. The molecule has 0 radical (unpaired) electrons. The summed E-state index contributed by atoms with van der Waals surface area (Å²) in [7, 11) is 0. The molecule has 0 aliphatic rings. The van der Waals surface area contributed by atoms with Crippen LogP contribution in [0, 0.1) is 19.3 Å². The lowest BCUT2D eigenvalue weighted by molar-refractivity contribution is 0.701. The number of aryl methyl sites for hydroxylation is 1. The van der Waals surface area contributed by atoms with Gasteiger partial charge in [-0.25, -0.2) is 4.99 Å². The molecule has 0 atom stereocenters. The Morgan fingerprint density at radius 3 is 3.20 bits per heavy atom. The molecular formula is C15H18N4S. The number of aromatic nitrogens is 2. The molecular weight excluding hydrogens is 268 g/mol. The van der Waals surface area contributed by atoms with Crippen molar-refractivity contribution < 1.29 is 0 Å². The Kier molecular flexibility index (Phi) is 5.54. The van der Waals surface area contributed by atoms with E-state index < -0.39 is 0 Å². The van der Waals surface area contributed by atoms with Crippen LogP contribution in [-0.2, 0) is 6.42 Å². The Bertz CT molecular complexity index is 590. The Morgan fingerprint density at radius 2 is 2.45 bits per heavy atom. The molecule has 0 fully saturated rings. The third-order valence-corrected chi connectivity index (χ3v) is 3.64. The molecule has 104 valence electrons. The van der Waals surface area contributed by atoms with Gasteiger partial charge in [0.2, 0.25) is 0 Å². The van der Waals surface area contributed by atoms with Crippen molar-refractivity contribution in [2.45, 2.75) is 19.8 Å². The summed E-state index contributed by atoms with van der Waals surface area (Å²) in [6.07, 6.45) is 9.20. The first kappa shape index (κ1) is 14.5. The molecule has 2 rings (SSSR count). The molecule has 2 aromatic heterocycles. The second-order valence-electron chi connectivity index (χ2n) is 4.42. The molecule has 0 spiro atoms. The minimum absolute atomic E-state index is 0.600. The summed E-state index contributed by atoms with van der Waals surface area (Å²) >= 11 is 1.74. The van der Waals surface area contributed by atoms with Gasteiger partial charge in [0, 0.05) is 12.8 Å². The normalized spacial score (nSPS) is 11.0. The van der Waals surface area contributed by atoms with Crippen molar-refractivity contribution in [3.8, 4) is 12.3 Å². The number of aliphatic imine (C=N–C) groups is 1. The topological polar surface area (TPSA) is 53.1 Å². The summed E-state index contributed by atoms with van der Waals surface area (Å²) in [6.45, 7) is 3.79. The molecule has 2 aromatic rings. The maximum absolute atomic E-state index is 5.42. The van der Waals surface area contributed by atoms with Crippen molar-refractivity contribution in [3.05, 3.63) is 33.6 Å². The SMILES string of the molecule is C#Cc1c(N=CCCNCCc2ccsc2)n[nH]c1C. The van der Waals surface area contributed by atoms with Gasteiger partial charge < -0.3 is 5.32 Å². The van der Waals surface area contributed by atoms with E-state index in [0.717, 1.165) is 37.2 Å². The predicted molar refractivity (Wildman–Crippen MR) is 84.9 cm³/mol. The fourth-order valence-electron chi connectivity index (χ4n) is 1.79. The van der Waals surface area contributed by atoms with Gasteiger partial charge in [-0.05, 0) is 48.7 Å². The molecule has 0 bridgehead atoms. The van der Waals surface area contributed by atoms with Crippen LogP contribution in [0.4, 0.5) is 5.82 Å². The fourth-order valence-corrected chi connectivity index (χ4v) is 2.50. The monoisotopic (exact) mass is 286 g/mol. The highest BCUT2D eigenvalue weighted by molar-refractivity contribution is 7.07. The van der Waals surface area contributed by atoms with Crippen molar-refractivity contribution in [2.75, 3.05) is 13.1 Å². The van der Waals surface area contributed by atoms with Crippen molar-refractivity contribution >= 4 is 23.4 Å². The molecule has 0 saturated heterocycles. The van der Waals surface area contributed by atoms with Gasteiger partial charge in [0.25, 0.3) is 0 Å². The van der Waals surface area contributed by atoms with Gasteiger partial charge in [0.05, 0.1) is 11.3 Å². The van der Waals surface area contributed by atoms with E-state index >= 15 is 0 Å². The Balaban J connectivity index is 1.65. The Hall–Kier alpha value is -1.90. The molecule has 5 heteroatoms. The number of H-pyrrole nitrogens is 1. The summed E-state index contributed by atoms with van der Waals surface area (Å²) in [5.74, 6) is 3.20. The highest BCUT2D eigenvalue weighted by atomic mass is 32.1. The van der Waals surface area contributed by atoms with Crippen LogP contribution in [0.25, 0.3) is 0 Å². The molecule has 2 N–H and O–H groups in total. The van der Waals surface area contributed by atoms with E-state index in [9.17, 15) is 0 Å². The van der Waals surface area contributed by atoms with Crippen molar-refractivity contribution in [1.82, 2.24) is 15.5 Å². The number of terminal acetylenes is 1. The number of nitrogens with one attached hydrogen (secondary N) is 2. The average molecular weight is 286 g/mol. The van der Waals surface area contributed by atoms with E-state index in [1.54, 1.807) is 11.3 Å². The molecule has 0 unspecified atom stereocenters. The summed E-state index contributed by atoms with van der Waals surface area (Å²) < 4.78 is 0. The second-order valence-corrected chi connectivity index (χ2v) is 5.20. The van der Waals surface area contributed by atoms with E-state index in [1.165, 1.54) is 5.56 Å². The van der Waals surface area contributed by atoms with Gasteiger partial charge in [-0.2, -0.15) is 16.4 Å². The van der Waals surface area contributed by atoms with Crippen LogP contribution < -0.4 is 5.32 Å². The number of hydrogen-bond acceptors (Lipinski definition) is 4. The van der Waals surface area contributed by atoms with E-state index in [1.807, 2.05) is 13.1 Å². The van der Waals surface area contributed by atoms with Gasteiger partial charge in [0.1, 0.15) is 0 Å². The maximum Gasteiger partial charge on any atom is 0.189 e. The zero-order valence-corrected chi connectivity index (χ0v) is 12.3. The first-order valence-electron chi connectivity index (χ1n) is 6.57. The predicted octanol–water partition coefficient (Wildman–Crippen LogP) is 2.69. The third-order valence-electron chi connectivity index (χ3n) is 2.91. The molecule has 0 aliphatic heterocycles. The second kappa shape index (κ2) is 7.63. The van der Waals surface area contributed by atoms with Crippen LogP contribution in [-0.4, -0.2) is 29.5 Å². The molecule has 0 saturated carbocycles. The molecule has 0 aromatic carbocycles. The highest BCUT2D eigenvalue weighted by Gasteiger charge is 2.04. The highest BCUT2D eigenvalue weighted by Crippen LogP contribution is 2.16. The Labute approximate surface area is 123 Å². The number of nitrogens with zero attached hydrogens (tertiary/aromatic N) is 2. The molecule has 4 nitrogen and oxygen atoms in total. The van der Waals surface area contributed by atoms with Crippen LogP contribution in [0.1, 0.15) is 23.2 Å². The standard InChI is InChI=1S/C15H18N4S/c1-3-14-12(2)18-19-15(14)17-8-4-7-16-9-5-13-6-10-20-11-13/h1,6,8,10-11,16H,4-5,7,9H2,2H3,(H,18,19). The van der Waals surface area contributed by atoms with Crippen LogP contribution in [0.15, 0.2) is 21.8 Å².